The summed E-state index contributed by atoms with van der Waals surface area (Å²) in [5.74, 6) is -1.78. The van der Waals surface area contributed by atoms with Gasteiger partial charge in [-0.05, 0) is 74.6 Å². The Morgan fingerprint density at radius 2 is 1.69 bits per heavy atom. The van der Waals surface area contributed by atoms with E-state index < -0.39 is 27.1 Å². The predicted octanol–water partition coefficient (Wildman–Crippen LogP) is 4.87. The number of nitrogens with zero attached hydrogens (tertiary/aromatic N) is 2. The van der Waals surface area contributed by atoms with Crippen LogP contribution in [0.15, 0.2) is 47.4 Å². The molecule has 1 atom stereocenters. The van der Waals surface area contributed by atoms with Gasteiger partial charge in [0.15, 0.2) is 11.6 Å². The Morgan fingerprint density at radius 1 is 0.971 bits per heavy atom. The molecule has 0 spiro atoms. The molecule has 2 heterocycles. The maximum Gasteiger partial charge on any atom is 0.243 e. The highest BCUT2D eigenvalue weighted by atomic mass is 35.5. The summed E-state index contributed by atoms with van der Waals surface area (Å²) in [6, 6.07) is 9.41. The summed E-state index contributed by atoms with van der Waals surface area (Å²) in [4.78, 5) is 14.8. The summed E-state index contributed by atoms with van der Waals surface area (Å²) in [6.45, 7) is 1.80. The lowest BCUT2D eigenvalue weighted by Gasteiger charge is -2.42. The maximum atomic E-state index is 13.8. The van der Waals surface area contributed by atoms with E-state index in [4.69, 9.17) is 16.3 Å². The van der Waals surface area contributed by atoms with Crippen LogP contribution in [0.1, 0.15) is 38.5 Å². The van der Waals surface area contributed by atoms with Crippen LogP contribution in [0.25, 0.3) is 0 Å². The lowest BCUT2D eigenvalue weighted by atomic mass is 9.78. The molecule has 0 bridgehead atoms. The van der Waals surface area contributed by atoms with E-state index in [0.29, 0.717) is 42.8 Å². The number of halogens is 3. The Bertz CT molecular complexity index is 1160. The van der Waals surface area contributed by atoms with Gasteiger partial charge in [-0.2, -0.15) is 4.31 Å². The largest absolute Gasteiger partial charge is 0.493 e. The fraction of sp³-hybridized carbons (Fsp3) is 0.480. The van der Waals surface area contributed by atoms with Crippen molar-refractivity contribution in [2.75, 3.05) is 32.8 Å². The van der Waals surface area contributed by atoms with E-state index in [9.17, 15) is 22.0 Å². The van der Waals surface area contributed by atoms with Crippen molar-refractivity contribution in [3.8, 4) is 5.75 Å². The van der Waals surface area contributed by atoms with Crippen LogP contribution in [0.3, 0.4) is 0 Å². The molecular formula is C25H29ClF2N2O4S. The second-order valence-electron chi connectivity index (χ2n) is 9.38. The molecule has 2 fully saturated rings. The van der Waals surface area contributed by atoms with Crippen molar-refractivity contribution < 1.29 is 26.7 Å². The third-order valence-corrected chi connectivity index (χ3v) is 8.84. The molecule has 10 heteroatoms. The molecule has 190 valence electrons. The van der Waals surface area contributed by atoms with Crippen LogP contribution in [0.5, 0.6) is 5.75 Å². The van der Waals surface area contributed by atoms with Gasteiger partial charge < -0.3 is 9.64 Å². The van der Waals surface area contributed by atoms with Crippen molar-refractivity contribution in [2.45, 2.75) is 43.4 Å². The van der Waals surface area contributed by atoms with Crippen LogP contribution in [0, 0.1) is 17.0 Å². The fourth-order valence-electron chi connectivity index (χ4n) is 4.81. The first kappa shape index (κ1) is 25.9. The second kappa shape index (κ2) is 10.8. The number of benzene rings is 2. The van der Waals surface area contributed by atoms with Crippen molar-refractivity contribution in [1.29, 1.82) is 0 Å². The van der Waals surface area contributed by atoms with E-state index in [2.05, 4.69) is 0 Å². The Hall–Kier alpha value is -2.23. The normalized spacial score (nSPS) is 21.6. The van der Waals surface area contributed by atoms with E-state index in [-0.39, 0.29) is 36.9 Å². The van der Waals surface area contributed by atoms with Gasteiger partial charge in [-0.15, -0.1) is 0 Å². The lowest BCUT2D eigenvalue weighted by molar-refractivity contribution is -0.136. The number of likely N-dealkylation sites (tertiary alicyclic amines) is 1. The average Bonchev–Trinajstić information content (AvgIpc) is 2.86. The van der Waals surface area contributed by atoms with Crippen LogP contribution in [-0.4, -0.2) is 56.3 Å². The minimum absolute atomic E-state index is 0.0171. The minimum atomic E-state index is -4.09. The number of hydrogen-bond donors (Lipinski definition) is 0. The molecule has 2 aliphatic heterocycles. The Kier molecular flexibility index (Phi) is 7.98. The number of rotatable bonds is 7. The first-order valence-corrected chi connectivity index (χ1v) is 13.6. The first-order valence-electron chi connectivity index (χ1n) is 11.8. The summed E-state index contributed by atoms with van der Waals surface area (Å²) in [5, 5.41) is 0.564. The summed E-state index contributed by atoms with van der Waals surface area (Å²) in [7, 11) is -4.09. The Labute approximate surface area is 209 Å². The molecular weight excluding hydrogens is 498 g/mol. The summed E-state index contributed by atoms with van der Waals surface area (Å²) < 4.78 is 61.2. The monoisotopic (exact) mass is 526 g/mol. The van der Waals surface area contributed by atoms with Gasteiger partial charge in [0, 0.05) is 43.0 Å². The van der Waals surface area contributed by atoms with Gasteiger partial charge in [0.2, 0.25) is 15.9 Å². The molecule has 0 radical (unpaired) electrons. The smallest absolute Gasteiger partial charge is 0.243 e. The highest BCUT2D eigenvalue weighted by Gasteiger charge is 2.43. The van der Waals surface area contributed by atoms with Crippen LogP contribution in [0.4, 0.5) is 8.78 Å². The quantitative estimate of drug-likeness (QED) is 0.516. The molecule has 2 saturated heterocycles. The van der Waals surface area contributed by atoms with Gasteiger partial charge in [-0.25, -0.2) is 17.2 Å². The van der Waals surface area contributed by atoms with E-state index in [1.165, 1.54) is 4.31 Å². The zero-order valence-corrected chi connectivity index (χ0v) is 21.0. The molecule has 6 nitrogen and oxygen atoms in total. The summed E-state index contributed by atoms with van der Waals surface area (Å²) in [6.07, 6.45) is 4.26. The van der Waals surface area contributed by atoms with Crippen LogP contribution in [-0.2, 0) is 14.8 Å². The van der Waals surface area contributed by atoms with Crippen LogP contribution >= 0.6 is 11.6 Å². The molecule has 2 aromatic rings. The highest BCUT2D eigenvalue weighted by Crippen LogP contribution is 2.38. The fourth-order valence-corrected chi connectivity index (χ4v) is 6.54. The predicted molar refractivity (Wildman–Crippen MR) is 129 cm³/mol. The molecule has 2 aromatic carbocycles. The number of carbonyl (C=O) groups is 1. The number of sulfonamides is 1. The zero-order chi connectivity index (χ0) is 25.1. The lowest BCUT2D eigenvalue weighted by Crippen LogP contribution is -2.51. The van der Waals surface area contributed by atoms with Crippen molar-refractivity contribution >= 4 is 27.5 Å². The first-order chi connectivity index (χ1) is 16.7. The van der Waals surface area contributed by atoms with Crippen molar-refractivity contribution in [3.05, 3.63) is 59.1 Å². The van der Waals surface area contributed by atoms with Gasteiger partial charge in [0.05, 0.1) is 11.5 Å². The number of amides is 1. The van der Waals surface area contributed by atoms with E-state index in [0.717, 1.165) is 31.4 Å². The van der Waals surface area contributed by atoms with E-state index >= 15 is 0 Å². The summed E-state index contributed by atoms with van der Waals surface area (Å²) >= 11 is 5.96. The SMILES string of the molecule is O=C(C[C@@]1(COc2ccc(Cl)cc2)CCCN(S(=O)(=O)c2ccc(F)c(F)c2)C1)N1CCCCC1. The highest BCUT2D eigenvalue weighted by molar-refractivity contribution is 7.89. The standard InChI is InChI=1S/C25H29ClF2N2O4S/c26-19-5-7-20(8-6-19)34-18-25(16-24(31)29-12-2-1-3-13-29)11-4-14-30(17-25)35(32,33)21-9-10-22(27)23(28)15-21/h5-10,15H,1-4,11-14,16-18H2/t25-/m0/s1. The molecule has 0 aromatic heterocycles. The second-order valence-corrected chi connectivity index (χ2v) is 11.8. The molecule has 0 saturated carbocycles. The van der Waals surface area contributed by atoms with Gasteiger partial charge in [-0.1, -0.05) is 11.6 Å². The number of piperidine rings is 2. The topological polar surface area (TPSA) is 66.9 Å². The number of carbonyl (C=O) groups excluding carboxylic acids is 1. The number of hydrogen-bond acceptors (Lipinski definition) is 4. The van der Waals surface area contributed by atoms with Crippen LogP contribution < -0.4 is 4.74 Å². The summed E-state index contributed by atoms with van der Waals surface area (Å²) in [5.41, 5.74) is -0.766. The van der Waals surface area contributed by atoms with Gasteiger partial charge >= 0.3 is 0 Å². The van der Waals surface area contributed by atoms with Gasteiger partial charge in [-0.3, -0.25) is 4.79 Å². The molecule has 1 amide bonds. The zero-order valence-electron chi connectivity index (χ0n) is 19.4. The molecule has 35 heavy (non-hydrogen) atoms. The molecule has 0 N–H and O–H groups in total. The van der Waals surface area contributed by atoms with Crippen molar-refractivity contribution in [3.63, 3.8) is 0 Å². The van der Waals surface area contributed by atoms with Crippen LogP contribution in [0.2, 0.25) is 5.02 Å². The molecule has 4 rings (SSSR count). The Morgan fingerprint density at radius 3 is 2.37 bits per heavy atom. The average molecular weight is 527 g/mol. The minimum Gasteiger partial charge on any atom is -0.493 e. The van der Waals surface area contributed by atoms with E-state index in [1.54, 1.807) is 24.3 Å². The van der Waals surface area contributed by atoms with Crippen molar-refractivity contribution in [2.24, 2.45) is 5.41 Å². The third kappa shape index (κ3) is 6.13. The maximum absolute atomic E-state index is 13.8. The third-order valence-electron chi connectivity index (χ3n) is 6.75. The molecule has 0 unspecified atom stereocenters. The number of ether oxygens (including phenoxy) is 1. The van der Waals surface area contributed by atoms with Gasteiger partial charge in [0.25, 0.3) is 0 Å². The van der Waals surface area contributed by atoms with Crippen molar-refractivity contribution in [1.82, 2.24) is 9.21 Å². The molecule has 2 aliphatic rings. The molecule has 0 aliphatic carbocycles. The Balaban J connectivity index is 1.58. The van der Waals surface area contributed by atoms with Gasteiger partial charge in [0.1, 0.15) is 5.75 Å². The van der Waals surface area contributed by atoms with E-state index in [1.807, 2.05) is 4.90 Å².